The van der Waals surface area contributed by atoms with E-state index < -0.39 is 20.5 Å². The van der Waals surface area contributed by atoms with Gasteiger partial charge in [0.1, 0.15) is 23.7 Å². The molecule has 0 heterocycles. The number of methoxy groups -OCH3 is 1. The Bertz CT molecular complexity index is 534. The second-order valence-corrected chi connectivity index (χ2v) is 12.7. The molecule has 0 radical (unpaired) electrons. The number of aliphatic hydroxyl groups excluding tert-OH is 1. The molecular formula is C20H34O4Si. The SMILES string of the molecule is C=CC[C@H](O)[C@H](O[Si](C)(C)C(C)(C)C)[C@H](C)Oc1ccc(OC)cc1. The number of rotatable bonds is 9. The number of ether oxygens (including phenoxy) is 2. The number of aliphatic hydroxyl groups is 1. The highest BCUT2D eigenvalue weighted by atomic mass is 28.4. The Morgan fingerprint density at radius 1 is 1.16 bits per heavy atom. The Morgan fingerprint density at radius 3 is 2.12 bits per heavy atom. The van der Waals surface area contributed by atoms with Crippen molar-refractivity contribution in [3.05, 3.63) is 36.9 Å². The summed E-state index contributed by atoms with van der Waals surface area (Å²) in [5.41, 5.74) is 0. The maximum absolute atomic E-state index is 10.6. The van der Waals surface area contributed by atoms with Gasteiger partial charge in [0.15, 0.2) is 8.32 Å². The van der Waals surface area contributed by atoms with E-state index in [-0.39, 0.29) is 11.1 Å². The summed E-state index contributed by atoms with van der Waals surface area (Å²) >= 11 is 0. The molecule has 1 aromatic rings. The molecule has 25 heavy (non-hydrogen) atoms. The third-order valence-corrected chi connectivity index (χ3v) is 9.34. The summed E-state index contributed by atoms with van der Waals surface area (Å²) in [6.07, 6.45) is 0.820. The first kappa shape index (κ1) is 21.7. The number of hydrogen-bond acceptors (Lipinski definition) is 4. The Morgan fingerprint density at radius 2 is 1.68 bits per heavy atom. The van der Waals surface area contributed by atoms with Gasteiger partial charge in [-0.2, -0.15) is 0 Å². The van der Waals surface area contributed by atoms with E-state index in [1.807, 2.05) is 31.2 Å². The molecule has 0 aliphatic heterocycles. The Labute approximate surface area is 153 Å². The summed E-state index contributed by atoms with van der Waals surface area (Å²) in [6.45, 7) is 16.6. The molecule has 0 fully saturated rings. The second-order valence-electron chi connectivity index (χ2n) is 7.93. The minimum absolute atomic E-state index is 0.0545. The van der Waals surface area contributed by atoms with Crippen LogP contribution in [-0.4, -0.2) is 38.8 Å². The van der Waals surface area contributed by atoms with Gasteiger partial charge in [0.05, 0.1) is 13.2 Å². The van der Waals surface area contributed by atoms with Crippen LogP contribution in [0.25, 0.3) is 0 Å². The first-order valence-electron chi connectivity index (χ1n) is 8.79. The van der Waals surface area contributed by atoms with E-state index in [2.05, 4.69) is 40.4 Å². The van der Waals surface area contributed by atoms with E-state index in [4.69, 9.17) is 13.9 Å². The highest BCUT2D eigenvalue weighted by Gasteiger charge is 2.42. The van der Waals surface area contributed by atoms with E-state index in [0.717, 1.165) is 11.5 Å². The molecule has 3 atom stereocenters. The average molecular weight is 367 g/mol. The topological polar surface area (TPSA) is 47.9 Å². The van der Waals surface area contributed by atoms with Crippen LogP contribution in [0, 0.1) is 0 Å². The molecule has 1 N–H and O–H groups in total. The lowest BCUT2D eigenvalue weighted by Crippen LogP contribution is -2.51. The van der Waals surface area contributed by atoms with Crippen molar-refractivity contribution < 1.29 is 19.0 Å². The number of benzene rings is 1. The van der Waals surface area contributed by atoms with Crippen LogP contribution in [0.4, 0.5) is 0 Å². The van der Waals surface area contributed by atoms with Crippen LogP contribution >= 0.6 is 0 Å². The van der Waals surface area contributed by atoms with Crippen molar-refractivity contribution in [2.45, 2.75) is 70.6 Å². The molecule has 0 bridgehead atoms. The zero-order valence-electron chi connectivity index (χ0n) is 16.7. The van der Waals surface area contributed by atoms with Crippen LogP contribution in [-0.2, 0) is 4.43 Å². The van der Waals surface area contributed by atoms with E-state index in [1.54, 1.807) is 13.2 Å². The zero-order chi connectivity index (χ0) is 19.3. The van der Waals surface area contributed by atoms with Crippen LogP contribution in [0.3, 0.4) is 0 Å². The summed E-state index contributed by atoms with van der Waals surface area (Å²) in [6, 6.07) is 7.43. The first-order valence-corrected chi connectivity index (χ1v) is 11.7. The normalized spacial score (nSPS) is 16.0. The summed E-state index contributed by atoms with van der Waals surface area (Å²) in [7, 11) is -0.417. The lowest BCUT2D eigenvalue weighted by molar-refractivity contribution is -0.0324. The smallest absolute Gasteiger partial charge is 0.192 e. The highest BCUT2D eigenvalue weighted by molar-refractivity contribution is 6.74. The Hall–Kier alpha value is -1.30. The summed E-state index contributed by atoms with van der Waals surface area (Å²) < 4.78 is 17.7. The van der Waals surface area contributed by atoms with Crippen molar-refractivity contribution in [2.75, 3.05) is 7.11 Å². The van der Waals surface area contributed by atoms with Gasteiger partial charge in [0, 0.05) is 0 Å². The van der Waals surface area contributed by atoms with E-state index >= 15 is 0 Å². The van der Waals surface area contributed by atoms with Gasteiger partial charge in [-0.05, 0) is 55.7 Å². The van der Waals surface area contributed by atoms with Crippen molar-refractivity contribution in [1.29, 1.82) is 0 Å². The Kier molecular flexibility index (Phi) is 7.72. The molecule has 4 nitrogen and oxygen atoms in total. The second kappa shape index (κ2) is 8.88. The maximum atomic E-state index is 10.6. The predicted molar refractivity (Wildman–Crippen MR) is 106 cm³/mol. The molecule has 0 unspecified atom stereocenters. The fourth-order valence-electron chi connectivity index (χ4n) is 2.25. The van der Waals surface area contributed by atoms with Crippen LogP contribution in [0.15, 0.2) is 36.9 Å². The largest absolute Gasteiger partial charge is 0.497 e. The van der Waals surface area contributed by atoms with Crippen LogP contribution in [0.5, 0.6) is 11.5 Å². The molecule has 0 spiro atoms. The van der Waals surface area contributed by atoms with Crippen molar-refractivity contribution in [1.82, 2.24) is 0 Å². The summed E-state index contributed by atoms with van der Waals surface area (Å²) in [5.74, 6) is 1.50. The fraction of sp³-hybridized carbons (Fsp3) is 0.600. The molecule has 0 amide bonds. The van der Waals surface area contributed by atoms with Crippen LogP contribution in [0.1, 0.15) is 34.1 Å². The quantitative estimate of drug-likeness (QED) is 0.504. The monoisotopic (exact) mass is 366 g/mol. The van der Waals surface area contributed by atoms with Gasteiger partial charge in [-0.25, -0.2) is 0 Å². The lowest BCUT2D eigenvalue weighted by atomic mass is 10.1. The van der Waals surface area contributed by atoms with E-state index in [0.29, 0.717) is 6.42 Å². The average Bonchev–Trinajstić information content (AvgIpc) is 2.52. The van der Waals surface area contributed by atoms with Crippen molar-refractivity contribution in [3.63, 3.8) is 0 Å². The summed E-state index contributed by atoms with van der Waals surface area (Å²) in [5, 5.41) is 10.6. The molecule has 142 valence electrons. The van der Waals surface area contributed by atoms with Crippen molar-refractivity contribution >= 4 is 8.32 Å². The Balaban J connectivity index is 2.95. The van der Waals surface area contributed by atoms with Gasteiger partial charge in [0.25, 0.3) is 0 Å². The minimum Gasteiger partial charge on any atom is -0.497 e. The molecule has 0 aliphatic rings. The minimum atomic E-state index is -2.05. The van der Waals surface area contributed by atoms with Gasteiger partial charge >= 0.3 is 0 Å². The molecule has 0 saturated carbocycles. The standard InChI is InChI=1S/C20H34O4Si/c1-9-10-18(21)19(24-25(7,8)20(3,4)5)15(2)23-17-13-11-16(22-6)12-14-17/h9,11-15,18-19,21H,1,10H2,2-8H3/t15-,18-,19+/m0/s1. The molecule has 0 aromatic heterocycles. The molecule has 5 heteroatoms. The van der Waals surface area contributed by atoms with Gasteiger partial charge in [-0.15, -0.1) is 6.58 Å². The predicted octanol–water partition coefficient (Wildman–Crippen LogP) is 4.79. The zero-order valence-corrected chi connectivity index (χ0v) is 17.7. The van der Waals surface area contributed by atoms with Crippen molar-refractivity contribution in [3.8, 4) is 11.5 Å². The molecule has 0 saturated heterocycles. The summed E-state index contributed by atoms with van der Waals surface area (Å²) in [4.78, 5) is 0. The molecular weight excluding hydrogens is 332 g/mol. The van der Waals surface area contributed by atoms with Gasteiger partial charge in [-0.3, -0.25) is 0 Å². The van der Waals surface area contributed by atoms with Gasteiger partial charge in [0.2, 0.25) is 0 Å². The number of hydrogen-bond donors (Lipinski definition) is 1. The third-order valence-electron chi connectivity index (χ3n) is 4.87. The highest BCUT2D eigenvalue weighted by Crippen LogP contribution is 2.38. The van der Waals surface area contributed by atoms with E-state index in [1.165, 1.54) is 0 Å². The molecule has 1 aromatic carbocycles. The molecule has 1 rings (SSSR count). The maximum Gasteiger partial charge on any atom is 0.192 e. The van der Waals surface area contributed by atoms with Crippen molar-refractivity contribution in [2.24, 2.45) is 0 Å². The third kappa shape index (κ3) is 6.17. The lowest BCUT2D eigenvalue weighted by Gasteiger charge is -2.42. The van der Waals surface area contributed by atoms with E-state index in [9.17, 15) is 5.11 Å². The fourth-order valence-corrected chi connectivity index (χ4v) is 3.63. The first-order chi connectivity index (χ1) is 11.5. The van der Waals surface area contributed by atoms with Crippen LogP contribution in [0.2, 0.25) is 18.1 Å². The van der Waals surface area contributed by atoms with Gasteiger partial charge in [-0.1, -0.05) is 26.8 Å². The van der Waals surface area contributed by atoms with Gasteiger partial charge < -0.3 is 19.0 Å². The molecule has 0 aliphatic carbocycles. The van der Waals surface area contributed by atoms with Crippen LogP contribution < -0.4 is 9.47 Å².